The number of benzene rings is 1. The SMILES string of the molecule is N#C/C=C(\Cl)c1ccc(Cl)c(Cl)c1. The summed E-state index contributed by atoms with van der Waals surface area (Å²) in [5, 5.41) is 9.58. The van der Waals surface area contributed by atoms with Crippen LogP contribution in [0.1, 0.15) is 5.56 Å². The first-order valence-corrected chi connectivity index (χ1v) is 4.49. The molecule has 0 atom stereocenters. The zero-order chi connectivity index (χ0) is 9.84. The van der Waals surface area contributed by atoms with E-state index in [4.69, 9.17) is 40.1 Å². The van der Waals surface area contributed by atoms with E-state index >= 15 is 0 Å². The number of nitrogens with zero attached hydrogens (tertiary/aromatic N) is 1. The summed E-state index contributed by atoms with van der Waals surface area (Å²) in [5.41, 5.74) is 0.678. The highest BCUT2D eigenvalue weighted by atomic mass is 35.5. The van der Waals surface area contributed by atoms with Crippen molar-refractivity contribution in [3.8, 4) is 6.07 Å². The van der Waals surface area contributed by atoms with E-state index in [1.54, 1.807) is 18.2 Å². The molecule has 0 aliphatic heterocycles. The van der Waals surface area contributed by atoms with Gasteiger partial charge in [-0.1, -0.05) is 40.9 Å². The van der Waals surface area contributed by atoms with Crippen LogP contribution in [0.25, 0.3) is 5.03 Å². The number of halogens is 3. The van der Waals surface area contributed by atoms with Crippen LogP contribution < -0.4 is 0 Å². The number of rotatable bonds is 1. The Morgan fingerprint density at radius 2 is 2.00 bits per heavy atom. The molecular weight excluding hydrogens is 228 g/mol. The second-order valence-electron chi connectivity index (χ2n) is 2.25. The topological polar surface area (TPSA) is 23.8 Å². The molecule has 1 aromatic rings. The van der Waals surface area contributed by atoms with Crippen molar-refractivity contribution >= 4 is 39.8 Å². The number of allylic oxidation sites excluding steroid dienone is 1. The summed E-state index contributed by atoms with van der Waals surface area (Å²) < 4.78 is 0. The van der Waals surface area contributed by atoms with E-state index in [9.17, 15) is 0 Å². The van der Waals surface area contributed by atoms with Gasteiger partial charge in [0, 0.05) is 6.08 Å². The molecule has 0 aliphatic carbocycles. The molecule has 0 aliphatic rings. The lowest BCUT2D eigenvalue weighted by atomic mass is 10.2. The maximum absolute atomic E-state index is 8.35. The third-order valence-electron chi connectivity index (χ3n) is 1.39. The highest BCUT2D eigenvalue weighted by Crippen LogP contribution is 2.27. The minimum absolute atomic E-state index is 0.348. The summed E-state index contributed by atoms with van der Waals surface area (Å²) in [6, 6.07) is 6.77. The van der Waals surface area contributed by atoms with Crippen LogP contribution in [-0.4, -0.2) is 0 Å². The van der Waals surface area contributed by atoms with Crippen molar-refractivity contribution in [3.05, 3.63) is 39.9 Å². The molecule has 4 heteroatoms. The van der Waals surface area contributed by atoms with E-state index in [2.05, 4.69) is 0 Å². The van der Waals surface area contributed by atoms with Gasteiger partial charge < -0.3 is 0 Å². The summed E-state index contributed by atoms with van der Waals surface area (Å²) in [4.78, 5) is 0. The minimum Gasteiger partial charge on any atom is -0.193 e. The van der Waals surface area contributed by atoms with E-state index in [1.165, 1.54) is 6.08 Å². The fraction of sp³-hybridized carbons (Fsp3) is 0. The molecule has 1 nitrogen and oxygen atoms in total. The van der Waals surface area contributed by atoms with Gasteiger partial charge in [0.1, 0.15) is 0 Å². The monoisotopic (exact) mass is 231 g/mol. The lowest BCUT2D eigenvalue weighted by Crippen LogP contribution is -1.77. The van der Waals surface area contributed by atoms with Crippen molar-refractivity contribution in [1.29, 1.82) is 5.26 Å². The predicted molar refractivity (Wildman–Crippen MR) is 55.9 cm³/mol. The summed E-state index contributed by atoms with van der Waals surface area (Å²) in [6.45, 7) is 0. The molecule has 1 aromatic carbocycles. The molecule has 0 radical (unpaired) electrons. The van der Waals surface area contributed by atoms with Crippen LogP contribution in [0.15, 0.2) is 24.3 Å². The maximum atomic E-state index is 8.35. The van der Waals surface area contributed by atoms with Crippen LogP contribution in [0.2, 0.25) is 10.0 Å². The van der Waals surface area contributed by atoms with Crippen molar-refractivity contribution in [2.24, 2.45) is 0 Å². The Labute approximate surface area is 91.1 Å². The number of hydrogen-bond acceptors (Lipinski definition) is 1. The van der Waals surface area contributed by atoms with Gasteiger partial charge in [-0.15, -0.1) is 0 Å². The number of nitriles is 1. The Morgan fingerprint density at radius 3 is 2.54 bits per heavy atom. The largest absolute Gasteiger partial charge is 0.193 e. The molecule has 0 spiro atoms. The molecule has 66 valence electrons. The number of hydrogen-bond donors (Lipinski definition) is 0. The molecule has 0 amide bonds. The predicted octanol–water partition coefficient (Wildman–Crippen LogP) is 4.10. The normalized spacial score (nSPS) is 11.1. The molecule has 0 N–H and O–H groups in total. The molecule has 0 saturated carbocycles. The molecule has 0 saturated heterocycles. The van der Waals surface area contributed by atoms with Gasteiger partial charge in [-0.05, 0) is 17.7 Å². The van der Waals surface area contributed by atoms with Gasteiger partial charge in [0.2, 0.25) is 0 Å². The molecule has 0 aromatic heterocycles. The van der Waals surface area contributed by atoms with Crippen LogP contribution in [0.5, 0.6) is 0 Å². The molecule has 0 heterocycles. The molecule has 1 rings (SSSR count). The van der Waals surface area contributed by atoms with Crippen LogP contribution >= 0.6 is 34.8 Å². The van der Waals surface area contributed by atoms with Gasteiger partial charge in [-0.25, -0.2) is 0 Å². The Hall–Kier alpha value is -0.680. The van der Waals surface area contributed by atoms with Crippen LogP contribution in [0.4, 0.5) is 0 Å². The minimum atomic E-state index is 0.348. The fourth-order valence-corrected chi connectivity index (χ4v) is 1.25. The van der Waals surface area contributed by atoms with Crippen LogP contribution in [0.3, 0.4) is 0 Å². The van der Waals surface area contributed by atoms with E-state index in [1.807, 2.05) is 6.07 Å². The van der Waals surface area contributed by atoms with Crippen LogP contribution in [0, 0.1) is 11.3 Å². The first-order chi connectivity index (χ1) is 6.15. The van der Waals surface area contributed by atoms with Gasteiger partial charge in [-0.3, -0.25) is 0 Å². The lowest BCUT2D eigenvalue weighted by Gasteiger charge is -1.99. The van der Waals surface area contributed by atoms with Crippen molar-refractivity contribution in [2.75, 3.05) is 0 Å². The molecule has 0 fully saturated rings. The van der Waals surface area contributed by atoms with Crippen LogP contribution in [-0.2, 0) is 0 Å². The van der Waals surface area contributed by atoms with Gasteiger partial charge in [0.05, 0.1) is 21.1 Å². The Morgan fingerprint density at radius 1 is 1.31 bits per heavy atom. The zero-order valence-electron chi connectivity index (χ0n) is 6.39. The molecule has 0 bridgehead atoms. The average molecular weight is 232 g/mol. The molecule has 0 unspecified atom stereocenters. The standard InChI is InChI=1S/C9H4Cl3N/c10-7(3-4-13)6-1-2-8(11)9(12)5-6/h1-3,5H/b7-3-. The van der Waals surface area contributed by atoms with Crippen molar-refractivity contribution in [2.45, 2.75) is 0 Å². The molecular formula is C9H4Cl3N. The van der Waals surface area contributed by atoms with Gasteiger partial charge in [0.15, 0.2) is 0 Å². The summed E-state index contributed by atoms with van der Waals surface area (Å²) in [5.74, 6) is 0. The fourth-order valence-electron chi connectivity index (χ4n) is 0.785. The van der Waals surface area contributed by atoms with E-state index in [0.29, 0.717) is 20.6 Å². The van der Waals surface area contributed by atoms with Crippen molar-refractivity contribution < 1.29 is 0 Å². The Balaban J connectivity index is 3.13. The first kappa shape index (κ1) is 10.4. The summed E-state index contributed by atoms with van der Waals surface area (Å²) in [6.07, 6.45) is 1.24. The smallest absolute Gasteiger partial charge is 0.0927 e. The second kappa shape index (κ2) is 4.53. The third kappa shape index (κ3) is 2.63. The molecule has 13 heavy (non-hydrogen) atoms. The highest BCUT2D eigenvalue weighted by molar-refractivity contribution is 6.49. The van der Waals surface area contributed by atoms with Gasteiger partial charge in [0.25, 0.3) is 0 Å². The zero-order valence-corrected chi connectivity index (χ0v) is 8.66. The van der Waals surface area contributed by atoms with Gasteiger partial charge in [-0.2, -0.15) is 5.26 Å². The van der Waals surface area contributed by atoms with E-state index in [-0.39, 0.29) is 0 Å². The maximum Gasteiger partial charge on any atom is 0.0927 e. The third-order valence-corrected chi connectivity index (χ3v) is 2.45. The van der Waals surface area contributed by atoms with E-state index < -0.39 is 0 Å². The summed E-state index contributed by atoms with van der Waals surface area (Å²) >= 11 is 17.2. The Bertz CT molecular complexity index is 390. The Kier molecular flexibility index (Phi) is 3.62. The first-order valence-electron chi connectivity index (χ1n) is 3.36. The average Bonchev–Trinajstić information content (AvgIpc) is 2.10. The summed E-state index contributed by atoms with van der Waals surface area (Å²) in [7, 11) is 0. The van der Waals surface area contributed by atoms with Crippen molar-refractivity contribution in [1.82, 2.24) is 0 Å². The second-order valence-corrected chi connectivity index (χ2v) is 3.47. The lowest BCUT2D eigenvalue weighted by molar-refractivity contribution is 1.53. The highest BCUT2D eigenvalue weighted by Gasteiger charge is 2.01. The quantitative estimate of drug-likeness (QED) is 0.669. The van der Waals surface area contributed by atoms with E-state index in [0.717, 1.165) is 0 Å². The van der Waals surface area contributed by atoms with Gasteiger partial charge >= 0.3 is 0 Å². The van der Waals surface area contributed by atoms with Crippen molar-refractivity contribution in [3.63, 3.8) is 0 Å².